The number of benzene rings is 1. The maximum absolute atomic E-state index is 10.9. The molecule has 0 bridgehead atoms. The van der Waals surface area contributed by atoms with Gasteiger partial charge in [-0.15, -0.1) is 0 Å². The van der Waals surface area contributed by atoms with Crippen molar-refractivity contribution < 1.29 is 9.66 Å². The molecule has 0 aliphatic carbocycles. The highest BCUT2D eigenvalue weighted by molar-refractivity contribution is 5.56. The zero-order valence-corrected chi connectivity index (χ0v) is 11.1. The first-order chi connectivity index (χ1) is 9.66. The van der Waals surface area contributed by atoms with E-state index in [1.54, 1.807) is 13.1 Å². The van der Waals surface area contributed by atoms with E-state index in [0.717, 1.165) is 11.3 Å². The fourth-order valence-corrected chi connectivity index (χ4v) is 1.68. The van der Waals surface area contributed by atoms with Crippen LogP contribution in [0.1, 0.15) is 5.56 Å². The minimum Gasteiger partial charge on any atom is -0.492 e. The molecule has 1 heterocycles. The summed E-state index contributed by atoms with van der Waals surface area (Å²) in [6, 6.07) is 10.9. The highest BCUT2D eigenvalue weighted by Crippen LogP contribution is 2.22. The average molecular weight is 273 g/mol. The van der Waals surface area contributed by atoms with E-state index in [-0.39, 0.29) is 11.5 Å². The molecule has 0 unspecified atom stereocenters. The molecule has 20 heavy (non-hydrogen) atoms. The third-order valence-corrected chi connectivity index (χ3v) is 2.61. The largest absolute Gasteiger partial charge is 0.492 e. The normalized spacial score (nSPS) is 10.1. The Morgan fingerprint density at radius 2 is 2.10 bits per heavy atom. The number of nitro groups is 1. The number of hydrogen-bond acceptors (Lipinski definition) is 5. The number of para-hydroxylation sites is 1. The summed E-state index contributed by atoms with van der Waals surface area (Å²) < 4.78 is 5.49. The van der Waals surface area contributed by atoms with Gasteiger partial charge < -0.3 is 10.1 Å². The summed E-state index contributed by atoms with van der Waals surface area (Å²) >= 11 is 0. The predicted molar refractivity (Wildman–Crippen MR) is 76.1 cm³/mol. The number of aromatic nitrogens is 1. The van der Waals surface area contributed by atoms with Crippen LogP contribution in [0.2, 0.25) is 0 Å². The zero-order chi connectivity index (χ0) is 14.4. The van der Waals surface area contributed by atoms with Gasteiger partial charge in [0.05, 0.1) is 11.5 Å². The van der Waals surface area contributed by atoms with Crippen LogP contribution in [0.15, 0.2) is 42.6 Å². The van der Waals surface area contributed by atoms with E-state index in [2.05, 4.69) is 10.3 Å². The van der Waals surface area contributed by atoms with Gasteiger partial charge in [-0.25, -0.2) is 4.98 Å². The lowest BCUT2D eigenvalue weighted by molar-refractivity contribution is -0.384. The molecule has 0 radical (unpaired) electrons. The number of rotatable bonds is 6. The van der Waals surface area contributed by atoms with Gasteiger partial charge in [0.2, 0.25) is 5.82 Å². The Bertz CT molecular complexity index is 587. The van der Waals surface area contributed by atoms with Gasteiger partial charge in [-0.1, -0.05) is 18.2 Å². The van der Waals surface area contributed by atoms with Crippen molar-refractivity contribution in [1.29, 1.82) is 0 Å². The molecule has 0 atom stereocenters. The van der Waals surface area contributed by atoms with Gasteiger partial charge in [-0.3, -0.25) is 10.1 Å². The second-order valence-corrected chi connectivity index (χ2v) is 4.23. The molecule has 2 aromatic rings. The maximum atomic E-state index is 10.9. The molecule has 1 N–H and O–H groups in total. The van der Waals surface area contributed by atoms with E-state index in [4.69, 9.17) is 4.74 Å². The van der Waals surface area contributed by atoms with Crippen molar-refractivity contribution in [2.24, 2.45) is 0 Å². The van der Waals surface area contributed by atoms with Crippen molar-refractivity contribution in [2.45, 2.75) is 6.92 Å². The Kier molecular flexibility index (Phi) is 4.49. The van der Waals surface area contributed by atoms with Crippen LogP contribution in [0.5, 0.6) is 5.75 Å². The van der Waals surface area contributed by atoms with Crippen LogP contribution in [0.4, 0.5) is 11.5 Å². The number of nitrogens with zero attached hydrogens (tertiary/aromatic N) is 2. The fourth-order valence-electron chi connectivity index (χ4n) is 1.68. The van der Waals surface area contributed by atoms with E-state index in [0.29, 0.717) is 13.2 Å². The minimum atomic E-state index is -0.444. The standard InChI is InChI=1S/C14H15N3O3/c1-11-9-13(17(18)19)14(16-10-11)15-7-8-20-12-5-3-2-4-6-12/h2-6,9-10H,7-8H2,1H3,(H,15,16). The van der Waals surface area contributed by atoms with Gasteiger partial charge >= 0.3 is 5.69 Å². The van der Waals surface area contributed by atoms with E-state index in [1.807, 2.05) is 30.3 Å². The minimum absolute atomic E-state index is 0.0234. The molecule has 1 aromatic carbocycles. The van der Waals surface area contributed by atoms with Gasteiger partial charge in [-0.05, 0) is 24.6 Å². The number of ether oxygens (including phenoxy) is 1. The highest BCUT2D eigenvalue weighted by Gasteiger charge is 2.14. The van der Waals surface area contributed by atoms with E-state index in [1.165, 1.54) is 6.07 Å². The smallest absolute Gasteiger partial charge is 0.311 e. The molecule has 0 spiro atoms. The molecule has 0 amide bonds. The summed E-state index contributed by atoms with van der Waals surface area (Å²) in [5.74, 6) is 1.03. The molecular weight excluding hydrogens is 258 g/mol. The van der Waals surface area contributed by atoms with Crippen molar-refractivity contribution in [1.82, 2.24) is 4.98 Å². The van der Waals surface area contributed by atoms with Crippen LogP contribution in [-0.2, 0) is 0 Å². The lowest BCUT2D eigenvalue weighted by Gasteiger charge is -2.08. The first kappa shape index (κ1) is 13.8. The van der Waals surface area contributed by atoms with Gasteiger partial charge in [0, 0.05) is 12.3 Å². The van der Waals surface area contributed by atoms with Crippen LogP contribution >= 0.6 is 0 Å². The Balaban J connectivity index is 1.90. The van der Waals surface area contributed by atoms with Gasteiger partial charge in [0.1, 0.15) is 12.4 Å². The van der Waals surface area contributed by atoms with Gasteiger partial charge in [0.15, 0.2) is 0 Å². The van der Waals surface area contributed by atoms with Gasteiger partial charge in [0.25, 0.3) is 0 Å². The van der Waals surface area contributed by atoms with E-state index < -0.39 is 4.92 Å². The van der Waals surface area contributed by atoms with E-state index >= 15 is 0 Å². The molecule has 0 fully saturated rings. The van der Waals surface area contributed by atoms with Crippen molar-refractivity contribution in [3.63, 3.8) is 0 Å². The Morgan fingerprint density at radius 1 is 1.35 bits per heavy atom. The Labute approximate surface area is 116 Å². The lowest BCUT2D eigenvalue weighted by atomic mass is 10.3. The van der Waals surface area contributed by atoms with Crippen molar-refractivity contribution in [3.8, 4) is 5.75 Å². The van der Waals surface area contributed by atoms with Crippen LogP contribution < -0.4 is 10.1 Å². The number of aryl methyl sites for hydroxylation is 1. The van der Waals surface area contributed by atoms with Crippen LogP contribution in [0, 0.1) is 17.0 Å². The number of nitrogens with one attached hydrogen (secondary N) is 1. The molecule has 0 aliphatic heterocycles. The molecule has 0 saturated carbocycles. The topological polar surface area (TPSA) is 77.3 Å². The van der Waals surface area contributed by atoms with Crippen molar-refractivity contribution in [2.75, 3.05) is 18.5 Å². The Hall–Kier alpha value is -2.63. The van der Waals surface area contributed by atoms with Crippen molar-refractivity contribution >= 4 is 11.5 Å². The average Bonchev–Trinajstić information content (AvgIpc) is 2.45. The fraction of sp³-hybridized carbons (Fsp3) is 0.214. The Morgan fingerprint density at radius 3 is 2.80 bits per heavy atom. The van der Waals surface area contributed by atoms with Gasteiger partial charge in [-0.2, -0.15) is 0 Å². The van der Waals surface area contributed by atoms with Crippen molar-refractivity contribution in [3.05, 3.63) is 58.3 Å². The third kappa shape index (κ3) is 3.68. The summed E-state index contributed by atoms with van der Waals surface area (Å²) in [7, 11) is 0. The molecule has 104 valence electrons. The molecule has 6 heteroatoms. The zero-order valence-electron chi connectivity index (χ0n) is 11.1. The first-order valence-corrected chi connectivity index (χ1v) is 6.19. The third-order valence-electron chi connectivity index (χ3n) is 2.61. The quantitative estimate of drug-likeness (QED) is 0.497. The highest BCUT2D eigenvalue weighted by atomic mass is 16.6. The second kappa shape index (κ2) is 6.51. The lowest BCUT2D eigenvalue weighted by Crippen LogP contribution is -2.13. The molecule has 0 saturated heterocycles. The summed E-state index contributed by atoms with van der Waals surface area (Å²) in [4.78, 5) is 14.5. The SMILES string of the molecule is Cc1cnc(NCCOc2ccccc2)c([N+](=O)[O-])c1. The second-order valence-electron chi connectivity index (χ2n) is 4.23. The monoisotopic (exact) mass is 273 g/mol. The molecule has 1 aromatic heterocycles. The summed E-state index contributed by atoms with van der Waals surface area (Å²) in [5.41, 5.74) is 0.729. The number of anilines is 1. The number of hydrogen-bond donors (Lipinski definition) is 1. The maximum Gasteiger partial charge on any atom is 0.311 e. The molecular formula is C14H15N3O3. The summed E-state index contributed by atoms with van der Waals surface area (Å²) in [6.07, 6.45) is 1.59. The molecule has 2 rings (SSSR count). The van der Waals surface area contributed by atoms with E-state index in [9.17, 15) is 10.1 Å². The summed E-state index contributed by atoms with van der Waals surface area (Å²) in [5, 5.41) is 13.8. The van der Waals surface area contributed by atoms with Crippen LogP contribution in [0.25, 0.3) is 0 Å². The summed E-state index contributed by atoms with van der Waals surface area (Å²) in [6.45, 7) is 2.60. The van der Waals surface area contributed by atoms with Crippen LogP contribution in [0.3, 0.4) is 0 Å². The molecule has 0 aliphatic rings. The first-order valence-electron chi connectivity index (χ1n) is 6.19. The predicted octanol–water partition coefficient (Wildman–Crippen LogP) is 2.79. The van der Waals surface area contributed by atoms with Crippen LogP contribution in [-0.4, -0.2) is 23.1 Å². The number of pyridine rings is 1. The molecule has 6 nitrogen and oxygen atoms in total.